The number of hydrogen-bond acceptors (Lipinski definition) is 5. The summed E-state index contributed by atoms with van der Waals surface area (Å²) < 4.78 is 5.79. The van der Waals surface area contributed by atoms with E-state index in [4.69, 9.17) is 9.72 Å². The smallest absolute Gasteiger partial charge is 0.337 e. The summed E-state index contributed by atoms with van der Waals surface area (Å²) in [6, 6.07) is 20.5. The van der Waals surface area contributed by atoms with Gasteiger partial charge in [-0.25, -0.2) is 9.78 Å². The van der Waals surface area contributed by atoms with Crippen LogP contribution >= 0.6 is 11.3 Å². The summed E-state index contributed by atoms with van der Waals surface area (Å²) in [5, 5.41) is 0.648. The maximum absolute atomic E-state index is 13.5. The van der Waals surface area contributed by atoms with Crippen LogP contribution in [0.3, 0.4) is 0 Å². The number of fused-ring (bicyclic) bond motifs is 1. The van der Waals surface area contributed by atoms with Crippen LogP contribution < -0.4 is 4.90 Å². The van der Waals surface area contributed by atoms with Crippen LogP contribution in [0, 0.1) is 13.8 Å². The quantitative estimate of drug-likeness (QED) is 0.390. The zero-order valence-corrected chi connectivity index (χ0v) is 18.4. The third-order valence-electron chi connectivity index (χ3n) is 5.29. The molecule has 0 atom stereocenters. The van der Waals surface area contributed by atoms with Crippen molar-refractivity contribution in [3.05, 3.63) is 94.5 Å². The molecule has 31 heavy (non-hydrogen) atoms. The minimum Gasteiger partial charge on any atom is -0.465 e. The van der Waals surface area contributed by atoms with Crippen LogP contribution in [0.5, 0.6) is 0 Å². The van der Waals surface area contributed by atoms with Crippen LogP contribution in [0.1, 0.15) is 37.4 Å². The number of rotatable bonds is 5. The SMILES string of the molecule is COC(=O)c1ccc(C(=O)N(Cc2ccccc2)c2nc3c(C)c(C)ccc3s2)cc1. The number of nitrogens with zero attached hydrogens (tertiary/aromatic N) is 2. The Balaban J connectivity index is 1.75. The lowest BCUT2D eigenvalue weighted by molar-refractivity contribution is 0.0600. The number of carbonyl (C=O) groups excluding carboxylic acids is 2. The first-order chi connectivity index (χ1) is 15.0. The van der Waals surface area contributed by atoms with E-state index < -0.39 is 5.97 Å². The summed E-state index contributed by atoms with van der Waals surface area (Å²) in [7, 11) is 1.33. The van der Waals surface area contributed by atoms with Gasteiger partial charge in [-0.2, -0.15) is 0 Å². The number of carbonyl (C=O) groups is 2. The Hall–Kier alpha value is -3.51. The van der Waals surface area contributed by atoms with E-state index in [1.165, 1.54) is 24.0 Å². The number of methoxy groups -OCH3 is 1. The minimum atomic E-state index is -0.433. The van der Waals surface area contributed by atoms with Crippen LogP contribution in [0.2, 0.25) is 0 Å². The number of esters is 1. The first kappa shape index (κ1) is 20.8. The van der Waals surface area contributed by atoms with Gasteiger partial charge in [-0.1, -0.05) is 47.7 Å². The lowest BCUT2D eigenvalue weighted by atomic mass is 10.1. The highest BCUT2D eigenvalue weighted by molar-refractivity contribution is 7.22. The lowest BCUT2D eigenvalue weighted by Gasteiger charge is -2.20. The number of benzene rings is 3. The van der Waals surface area contributed by atoms with E-state index in [9.17, 15) is 9.59 Å². The molecule has 1 aromatic heterocycles. The number of aromatic nitrogens is 1. The number of hydrogen-bond donors (Lipinski definition) is 0. The molecule has 0 fully saturated rings. The van der Waals surface area contributed by atoms with Gasteiger partial charge in [0.25, 0.3) is 5.91 Å². The van der Waals surface area contributed by atoms with Gasteiger partial charge in [-0.05, 0) is 60.9 Å². The van der Waals surface area contributed by atoms with E-state index in [1.54, 1.807) is 29.2 Å². The van der Waals surface area contributed by atoms with Crippen LogP contribution in [-0.2, 0) is 11.3 Å². The highest BCUT2D eigenvalue weighted by Crippen LogP contribution is 2.33. The van der Waals surface area contributed by atoms with Gasteiger partial charge in [0.1, 0.15) is 0 Å². The Morgan fingerprint density at radius 1 is 0.935 bits per heavy atom. The van der Waals surface area contributed by atoms with Crippen molar-refractivity contribution >= 4 is 38.6 Å². The largest absolute Gasteiger partial charge is 0.465 e. The molecule has 0 spiro atoms. The molecule has 0 aliphatic carbocycles. The highest BCUT2D eigenvalue weighted by Gasteiger charge is 2.23. The third kappa shape index (κ3) is 4.20. The van der Waals surface area contributed by atoms with Crippen molar-refractivity contribution in [3.63, 3.8) is 0 Å². The second kappa shape index (κ2) is 8.70. The molecule has 0 aliphatic heterocycles. The summed E-state index contributed by atoms with van der Waals surface area (Å²) in [4.78, 5) is 31.8. The molecular weight excluding hydrogens is 408 g/mol. The van der Waals surface area contributed by atoms with E-state index in [0.29, 0.717) is 22.8 Å². The van der Waals surface area contributed by atoms with Crippen molar-refractivity contribution in [2.75, 3.05) is 12.0 Å². The molecule has 1 heterocycles. The average molecular weight is 431 g/mol. The van der Waals surface area contributed by atoms with Crippen molar-refractivity contribution < 1.29 is 14.3 Å². The average Bonchev–Trinajstić information content (AvgIpc) is 3.24. The number of anilines is 1. The first-order valence-corrected chi connectivity index (χ1v) is 10.7. The Morgan fingerprint density at radius 3 is 2.29 bits per heavy atom. The fourth-order valence-electron chi connectivity index (χ4n) is 3.34. The van der Waals surface area contributed by atoms with Crippen LogP contribution in [0.4, 0.5) is 5.13 Å². The molecule has 0 saturated heterocycles. The predicted molar refractivity (Wildman–Crippen MR) is 124 cm³/mol. The standard InChI is InChI=1S/C25H22N2O3S/c1-16-9-14-21-22(17(16)2)26-25(31-21)27(15-18-7-5-4-6-8-18)23(28)19-10-12-20(13-11-19)24(29)30-3/h4-14H,15H2,1-3H3. The molecule has 5 nitrogen and oxygen atoms in total. The maximum atomic E-state index is 13.5. The van der Waals surface area contributed by atoms with Crippen molar-refractivity contribution in [1.82, 2.24) is 4.98 Å². The monoisotopic (exact) mass is 430 g/mol. The minimum absolute atomic E-state index is 0.172. The molecule has 0 N–H and O–H groups in total. The number of ether oxygens (including phenoxy) is 1. The number of thiazole rings is 1. The van der Waals surface area contributed by atoms with E-state index in [-0.39, 0.29) is 5.91 Å². The Labute approximate surface area is 184 Å². The molecule has 0 radical (unpaired) electrons. The normalized spacial score (nSPS) is 10.8. The second-order valence-corrected chi connectivity index (χ2v) is 8.31. The Morgan fingerprint density at radius 2 is 1.61 bits per heavy atom. The van der Waals surface area contributed by atoms with Gasteiger partial charge in [0.05, 0.1) is 29.4 Å². The van der Waals surface area contributed by atoms with Gasteiger partial charge in [0.15, 0.2) is 5.13 Å². The molecule has 0 saturated carbocycles. The molecule has 4 aromatic rings. The fourth-order valence-corrected chi connectivity index (χ4v) is 4.37. The van der Waals surface area contributed by atoms with E-state index in [2.05, 4.69) is 26.0 Å². The van der Waals surface area contributed by atoms with Gasteiger partial charge in [0, 0.05) is 5.56 Å². The zero-order chi connectivity index (χ0) is 22.0. The van der Waals surface area contributed by atoms with E-state index >= 15 is 0 Å². The molecule has 0 unspecified atom stereocenters. The number of amides is 1. The highest BCUT2D eigenvalue weighted by atomic mass is 32.1. The van der Waals surface area contributed by atoms with Crippen molar-refractivity contribution in [2.45, 2.75) is 20.4 Å². The van der Waals surface area contributed by atoms with Gasteiger partial charge < -0.3 is 4.74 Å². The molecule has 1 amide bonds. The molecular formula is C25H22N2O3S. The number of aryl methyl sites for hydroxylation is 2. The van der Waals surface area contributed by atoms with Crippen LogP contribution in [0.15, 0.2) is 66.7 Å². The molecule has 156 valence electrons. The molecule has 0 bridgehead atoms. The maximum Gasteiger partial charge on any atom is 0.337 e. The summed E-state index contributed by atoms with van der Waals surface area (Å²) in [5.74, 6) is -0.606. The molecule has 6 heteroatoms. The predicted octanol–water partition coefficient (Wildman–Crippen LogP) is 5.55. The van der Waals surface area contributed by atoms with Crippen LogP contribution in [0.25, 0.3) is 10.2 Å². The van der Waals surface area contributed by atoms with Gasteiger partial charge >= 0.3 is 5.97 Å². The molecule has 4 rings (SSSR count). The van der Waals surface area contributed by atoms with Crippen LogP contribution in [-0.4, -0.2) is 24.0 Å². The Kier molecular flexibility index (Phi) is 5.82. The zero-order valence-electron chi connectivity index (χ0n) is 17.6. The third-order valence-corrected chi connectivity index (χ3v) is 6.33. The lowest BCUT2D eigenvalue weighted by Crippen LogP contribution is -2.30. The van der Waals surface area contributed by atoms with Crippen molar-refractivity contribution in [2.24, 2.45) is 0 Å². The van der Waals surface area contributed by atoms with Gasteiger partial charge in [-0.15, -0.1) is 0 Å². The van der Waals surface area contributed by atoms with Crippen molar-refractivity contribution in [3.8, 4) is 0 Å². The summed E-state index contributed by atoms with van der Waals surface area (Å²) in [5.41, 5.74) is 5.11. The summed E-state index contributed by atoms with van der Waals surface area (Å²) in [6.07, 6.45) is 0. The summed E-state index contributed by atoms with van der Waals surface area (Å²) in [6.45, 7) is 4.51. The van der Waals surface area contributed by atoms with E-state index in [0.717, 1.165) is 21.3 Å². The summed E-state index contributed by atoms with van der Waals surface area (Å²) >= 11 is 1.50. The Bertz CT molecular complexity index is 1250. The van der Waals surface area contributed by atoms with Gasteiger partial charge in [0.2, 0.25) is 0 Å². The topological polar surface area (TPSA) is 59.5 Å². The second-order valence-electron chi connectivity index (χ2n) is 7.30. The van der Waals surface area contributed by atoms with Crippen molar-refractivity contribution in [1.29, 1.82) is 0 Å². The molecule has 0 aliphatic rings. The van der Waals surface area contributed by atoms with Gasteiger partial charge in [-0.3, -0.25) is 9.69 Å². The fraction of sp³-hybridized carbons (Fsp3) is 0.160. The first-order valence-electron chi connectivity index (χ1n) is 9.89. The van der Waals surface area contributed by atoms with E-state index in [1.807, 2.05) is 30.3 Å². The molecule has 3 aromatic carbocycles.